The summed E-state index contributed by atoms with van der Waals surface area (Å²) in [6, 6.07) is 8.40. The van der Waals surface area contributed by atoms with Crippen LogP contribution in [0.5, 0.6) is 5.75 Å². The van der Waals surface area contributed by atoms with Gasteiger partial charge in [-0.3, -0.25) is 0 Å². The Morgan fingerprint density at radius 1 is 1.10 bits per heavy atom. The first-order valence-electron chi connectivity index (χ1n) is 7.70. The molecule has 0 heterocycles. The fraction of sp³-hybridized carbons (Fsp3) is 0.368. The number of unbranched alkanes of at least 4 members (excludes halogenated alkanes) is 2. The Balaban J connectivity index is 1.63. The van der Waals surface area contributed by atoms with E-state index < -0.39 is 0 Å². The Kier molecular flexibility index (Phi) is 6.64. The van der Waals surface area contributed by atoms with Gasteiger partial charge in [0.1, 0.15) is 12.3 Å². The molecule has 0 saturated carbocycles. The van der Waals surface area contributed by atoms with E-state index in [1.807, 2.05) is 0 Å². The summed E-state index contributed by atoms with van der Waals surface area (Å²) in [6.45, 7) is 2.87. The minimum absolute atomic E-state index is 0.593. The first-order chi connectivity index (χ1) is 10.4. The van der Waals surface area contributed by atoms with Crippen LogP contribution in [0.1, 0.15) is 24.8 Å². The van der Waals surface area contributed by atoms with Crippen molar-refractivity contribution in [1.29, 1.82) is 0 Å². The second kappa shape index (κ2) is 9.05. The van der Waals surface area contributed by atoms with Crippen LogP contribution in [-0.4, -0.2) is 13.2 Å². The minimum atomic E-state index is 0.593. The number of terminal acetylenes is 1. The van der Waals surface area contributed by atoms with Crippen molar-refractivity contribution in [2.45, 2.75) is 25.8 Å². The highest BCUT2D eigenvalue weighted by molar-refractivity contribution is 5.26. The van der Waals surface area contributed by atoms with Crippen molar-refractivity contribution in [3.63, 3.8) is 0 Å². The SMILES string of the molecule is C#CCCCCOc1ccc(C[NH2+]CC2C=CC=C2)cc1. The van der Waals surface area contributed by atoms with Gasteiger partial charge < -0.3 is 10.1 Å². The maximum absolute atomic E-state index is 5.70. The molecule has 0 fully saturated rings. The summed E-state index contributed by atoms with van der Waals surface area (Å²) < 4.78 is 5.70. The molecule has 0 aromatic heterocycles. The lowest BCUT2D eigenvalue weighted by Gasteiger charge is -2.07. The van der Waals surface area contributed by atoms with Crippen LogP contribution in [0, 0.1) is 18.3 Å². The normalized spacial score (nSPS) is 13.5. The molecular formula is C19H24NO+. The van der Waals surface area contributed by atoms with Crippen LogP contribution in [0.4, 0.5) is 0 Å². The molecular weight excluding hydrogens is 258 g/mol. The first-order valence-corrected chi connectivity index (χ1v) is 7.70. The second-order valence-corrected chi connectivity index (χ2v) is 5.32. The summed E-state index contributed by atoms with van der Waals surface area (Å²) in [5.74, 6) is 4.18. The third-order valence-corrected chi connectivity index (χ3v) is 3.55. The van der Waals surface area contributed by atoms with Gasteiger partial charge in [0.15, 0.2) is 0 Å². The third kappa shape index (κ3) is 5.89. The number of hydrogen-bond acceptors (Lipinski definition) is 1. The number of quaternary nitrogens is 1. The minimum Gasteiger partial charge on any atom is -0.494 e. The topological polar surface area (TPSA) is 25.8 Å². The zero-order valence-corrected chi connectivity index (χ0v) is 12.5. The molecule has 0 spiro atoms. The van der Waals surface area contributed by atoms with Crippen LogP contribution in [0.3, 0.4) is 0 Å². The van der Waals surface area contributed by atoms with Gasteiger partial charge in [0, 0.05) is 17.9 Å². The number of nitrogens with two attached hydrogens (primary N) is 1. The van der Waals surface area contributed by atoms with Gasteiger partial charge in [-0.05, 0) is 37.1 Å². The highest BCUT2D eigenvalue weighted by Gasteiger charge is 2.05. The molecule has 110 valence electrons. The van der Waals surface area contributed by atoms with Crippen molar-refractivity contribution in [2.75, 3.05) is 13.2 Å². The molecule has 1 aromatic rings. The Labute approximate surface area is 127 Å². The average molecular weight is 282 g/mol. The molecule has 1 aromatic carbocycles. The van der Waals surface area contributed by atoms with Crippen molar-refractivity contribution >= 4 is 0 Å². The molecule has 2 nitrogen and oxygen atoms in total. The van der Waals surface area contributed by atoms with E-state index >= 15 is 0 Å². The van der Waals surface area contributed by atoms with Gasteiger partial charge in [0.25, 0.3) is 0 Å². The van der Waals surface area contributed by atoms with E-state index in [9.17, 15) is 0 Å². The number of ether oxygens (including phenoxy) is 1. The molecule has 21 heavy (non-hydrogen) atoms. The molecule has 0 radical (unpaired) electrons. The lowest BCUT2D eigenvalue weighted by molar-refractivity contribution is -0.673. The smallest absolute Gasteiger partial charge is 0.119 e. The zero-order valence-electron chi connectivity index (χ0n) is 12.5. The lowest BCUT2D eigenvalue weighted by atomic mass is 10.1. The summed E-state index contributed by atoms with van der Waals surface area (Å²) in [6.07, 6.45) is 16.8. The van der Waals surface area contributed by atoms with E-state index in [0.29, 0.717) is 5.92 Å². The largest absolute Gasteiger partial charge is 0.494 e. The van der Waals surface area contributed by atoms with Gasteiger partial charge in [-0.2, -0.15) is 0 Å². The maximum Gasteiger partial charge on any atom is 0.119 e. The fourth-order valence-corrected chi connectivity index (χ4v) is 2.32. The monoisotopic (exact) mass is 282 g/mol. The highest BCUT2D eigenvalue weighted by Crippen LogP contribution is 2.12. The number of hydrogen-bond donors (Lipinski definition) is 1. The van der Waals surface area contributed by atoms with E-state index in [2.05, 4.69) is 59.8 Å². The van der Waals surface area contributed by atoms with E-state index in [4.69, 9.17) is 11.2 Å². The molecule has 2 N–H and O–H groups in total. The fourth-order valence-electron chi connectivity index (χ4n) is 2.32. The second-order valence-electron chi connectivity index (χ2n) is 5.32. The van der Waals surface area contributed by atoms with Crippen LogP contribution in [0.2, 0.25) is 0 Å². The number of benzene rings is 1. The summed E-state index contributed by atoms with van der Waals surface area (Å²) in [5, 5.41) is 2.35. The number of allylic oxidation sites excluding steroid dienone is 2. The lowest BCUT2D eigenvalue weighted by Crippen LogP contribution is -2.83. The molecule has 0 bridgehead atoms. The molecule has 1 aliphatic rings. The number of rotatable bonds is 9. The van der Waals surface area contributed by atoms with E-state index in [0.717, 1.165) is 44.7 Å². The van der Waals surface area contributed by atoms with Gasteiger partial charge in [-0.1, -0.05) is 24.3 Å². The predicted octanol–water partition coefficient (Wildman–Crippen LogP) is 2.67. The quantitative estimate of drug-likeness (QED) is 0.547. The van der Waals surface area contributed by atoms with E-state index in [1.165, 1.54) is 5.56 Å². The van der Waals surface area contributed by atoms with Crippen LogP contribution in [0.25, 0.3) is 0 Å². The van der Waals surface area contributed by atoms with E-state index in [1.54, 1.807) is 0 Å². The summed E-state index contributed by atoms with van der Waals surface area (Å²) in [5.41, 5.74) is 1.33. The summed E-state index contributed by atoms with van der Waals surface area (Å²) >= 11 is 0. The summed E-state index contributed by atoms with van der Waals surface area (Å²) in [4.78, 5) is 0. The highest BCUT2D eigenvalue weighted by atomic mass is 16.5. The summed E-state index contributed by atoms with van der Waals surface area (Å²) in [7, 11) is 0. The van der Waals surface area contributed by atoms with Crippen LogP contribution < -0.4 is 10.1 Å². The molecule has 2 rings (SSSR count). The Morgan fingerprint density at radius 2 is 1.86 bits per heavy atom. The van der Waals surface area contributed by atoms with Crippen LogP contribution >= 0.6 is 0 Å². The van der Waals surface area contributed by atoms with Crippen molar-refractivity contribution in [3.8, 4) is 18.1 Å². The first kappa shape index (κ1) is 15.4. The van der Waals surface area contributed by atoms with Gasteiger partial charge in [-0.15, -0.1) is 12.3 Å². The Hall–Kier alpha value is -1.98. The molecule has 0 saturated heterocycles. The Bertz CT molecular complexity index is 495. The zero-order chi connectivity index (χ0) is 14.8. The van der Waals surface area contributed by atoms with Crippen molar-refractivity contribution < 1.29 is 10.1 Å². The molecule has 0 amide bonds. The van der Waals surface area contributed by atoms with E-state index in [-0.39, 0.29) is 0 Å². The van der Waals surface area contributed by atoms with Crippen molar-refractivity contribution in [3.05, 3.63) is 54.1 Å². The maximum atomic E-state index is 5.70. The Morgan fingerprint density at radius 3 is 2.57 bits per heavy atom. The van der Waals surface area contributed by atoms with Crippen molar-refractivity contribution in [1.82, 2.24) is 0 Å². The molecule has 0 atom stereocenters. The predicted molar refractivity (Wildman–Crippen MR) is 86.9 cm³/mol. The van der Waals surface area contributed by atoms with Gasteiger partial charge in [-0.25, -0.2) is 0 Å². The van der Waals surface area contributed by atoms with Crippen LogP contribution in [0.15, 0.2) is 48.6 Å². The molecule has 1 aliphatic carbocycles. The standard InChI is InChI=1S/C19H23NO/c1-2-3-4-7-14-21-19-12-10-18(11-13-19)16-20-15-17-8-5-6-9-17/h1,5-6,8-13,17,20H,3-4,7,14-16H2/p+1. The van der Waals surface area contributed by atoms with Crippen molar-refractivity contribution in [2.24, 2.45) is 5.92 Å². The molecule has 0 aliphatic heterocycles. The van der Waals surface area contributed by atoms with Gasteiger partial charge >= 0.3 is 0 Å². The molecule has 0 unspecified atom stereocenters. The van der Waals surface area contributed by atoms with Crippen LogP contribution in [-0.2, 0) is 6.54 Å². The molecule has 2 heteroatoms. The van der Waals surface area contributed by atoms with Gasteiger partial charge in [0.05, 0.1) is 13.2 Å². The third-order valence-electron chi connectivity index (χ3n) is 3.55. The van der Waals surface area contributed by atoms with Gasteiger partial charge in [0.2, 0.25) is 0 Å². The average Bonchev–Trinajstić information content (AvgIpc) is 3.02.